The summed E-state index contributed by atoms with van der Waals surface area (Å²) in [6.07, 6.45) is 7.58. The first-order valence-electron chi connectivity index (χ1n) is 9.37. The maximum absolute atomic E-state index is 13.1. The van der Waals surface area contributed by atoms with Crippen molar-refractivity contribution in [3.8, 4) is 0 Å². The summed E-state index contributed by atoms with van der Waals surface area (Å²) < 4.78 is 27.5. The van der Waals surface area contributed by atoms with Crippen LogP contribution in [0.25, 0.3) is 0 Å². The molecule has 0 radical (unpaired) electrons. The van der Waals surface area contributed by atoms with Crippen LogP contribution in [0.4, 0.5) is 0 Å². The van der Waals surface area contributed by atoms with Crippen molar-refractivity contribution in [1.29, 1.82) is 0 Å². The molecule has 1 amide bonds. The molecular formula is C19H26N2O3S. The van der Waals surface area contributed by atoms with Gasteiger partial charge in [-0.15, -0.1) is 0 Å². The van der Waals surface area contributed by atoms with Gasteiger partial charge < -0.3 is 4.90 Å². The lowest BCUT2D eigenvalue weighted by Crippen LogP contribution is -2.66. The molecular weight excluding hydrogens is 336 g/mol. The number of benzene rings is 1. The van der Waals surface area contributed by atoms with Crippen LogP contribution in [0, 0.1) is 5.92 Å². The molecule has 1 spiro atoms. The summed E-state index contributed by atoms with van der Waals surface area (Å²) >= 11 is 0. The van der Waals surface area contributed by atoms with Gasteiger partial charge in [-0.1, -0.05) is 37.5 Å². The molecule has 0 atom stereocenters. The number of piperazine rings is 1. The topological polar surface area (TPSA) is 57.7 Å². The Morgan fingerprint density at radius 3 is 2.36 bits per heavy atom. The number of hydrogen-bond acceptors (Lipinski definition) is 3. The summed E-state index contributed by atoms with van der Waals surface area (Å²) in [5.74, 6) is 0.611. The molecule has 1 saturated heterocycles. The number of rotatable bonds is 4. The molecule has 3 fully saturated rings. The quantitative estimate of drug-likeness (QED) is 0.827. The monoisotopic (exact) mass is 362 g/mol. The first kappa shape index (κ1) is 17.0. The third kappa shape index (κ3) is 3.22. The molecule has 136 valence electrons. The normalized spacial score (nSPS) is 24.6. The van der Waals surface area contributed by atoms with Crippen molar-refractivity contribution in [1.82, 2.24) is 9.21 Å². The molecule has 2 saturated carbocycles. The summed E-state index contributed by atoms with van der Waals surface area (Å²) in [5.41, 5.74) is -0.294. The van der Waals surface area contributed by atoms with E-state index in [1.807, 2.05) is 0 Å². The number of carbonyl (C=O) groups excluding carboxylic acids is 1. The van der Waals surface area contributed by atoms with Crippen LogP contribution in [0.5, 0.6) is 0 Å². The van der Waals surface area contributed by atoms with Crippen molar-refractivity contribution in [2.75, 3.05) is 19.6 Å². The van der Waals surface area contributed by atoms with E-state index >= 15 is 0 Å². The number of hydrogen-bond donors (Lipinski definition) is 0. The van der Waals surface area contributed by atoms with Gasteiger partial charge in [-0.3, -0.25) is 4.79 Å². The van der Waals surface area contributed by atoms with Gasteiger partial charge in [0, 0.05) is 13.1 Å². The van der Waals surface area contributed by atoms with E-state index in [4.69, 9.17) is 0 Å². The van der Waals surface area contributed by atoms with Gasteiger partial charge in [-0.2, -0.15) is 4.31 Å². The van der Waals surface area contributed by atoms with Crippen molar-refractivity contribution in [3.05, 3.63) is 30.3 Å². The third-order valence-electron chi connectivity index (χ3n) is 5.96. The molecule has 0 bridgehead atoms. The van der Waals surface area contributed by atoms with Crippen molar-refractivity contribution in [2.45, 2.75) is 55.4 Å². The number of sulfonamides is 1. The molecule has 0 N–H and O–H groups in total. The largest absolute Gasteiger partial charge is 0.334 e. The van der Waals surface area contributed by atoms with Gasteiger partial charge >= 0.3 is 0 Å². The van der Waals surface area contributed by atoms with Gasteiger partial charge in [-0.25, -0.2) is 8.42 Å². The zero-order chi connectivity index (χ0) is 17.5. The van der Waals surface area contributed by atoms with Crippen LogP contribution in [-0.2, 0) is 14.8 Å². The summed E-state index contributed by atoms with van der Waals surface area (Å²) in [5, 5.41) is 0. The SMILES string of the molecule is O=C1CN(S(=O)(=O)c2ccccc2)CC2(CCCCC2)N1CC1CC1. The first-order chi connectivity index (χ1) is 12.0. The van der Waals surface area contributed by atoms with Crippen molar-refractivity contribution in [2.24, 2.45) is 5.92 Å². The van der Waals surface area contributed by atoms with E-state index in [0.29, 0.717) is 12.5 Å². The van der Waals surface area contributed by atoms with Gasteiger partial charge in [0.15, 0.2) is 0 Å². The molecule has 1 aromatic carbocycles. The van der Waals surface area contributed by atoms with Gasteiger partial charge in [0.25, 0.3) is 0 Å². The lowest BCUT2D eigenvalue weighted by atomic mass is 9.78. The predicted molar refractivity (Wildman–Crippen MR) is 95.5 cm³/mol. The fourth-order valence-electron chi connectivity index (χ4n) is 4.37. The molecule has 5 nitrogen and oxygen atoms in total. The van der Waals surface area contributed by atoms with E-state index < -0.39 is 10.0 Å². The Morgan fingerprint density at radius 2 is 1.72 bits per heavy atom. The van der Waals surface area contributed by atoms with Crippen molar-refractivity contribution < 1.29 is 13.2 Å². The summed E-state index contributed by atoms with van der Waals surface area (Å²) in [6.45, 7) is 1.24. The highest BCUT2D eigenvalue weighted by atomic mass is 32.2. The summed E-state index contributed by atoms with van der Waals surface area (Å²) in [7, 11) is -3.62. The second-order valence-electron chi connectivity index (χ2n) is 7.82. The predicted octanol–water partition coefficient (Wildman–Crippen LogP) is 2.63. The minimum absolute atomic E-state index is 0.0143. The van der Waals surface area contributed by atoms with E-state index in [0.717, 1.165) is 32.2 Å². The molecule has 3 aliphatic rings. The Labute approximate surface area is 150 Å². The summed E-state index contributed by atoms with van der Waals surface area (Å²) in [6, 6.07) is 8.50. The smallest absolute Gasteiger partial charge is 0.243 e. The zero-order valence-corrected chi connectivity index (χ0v) is 15.4. The maximum Gasteiger partial charge on any atom is 0.243 e. The van der Waals surface area contributed by atoms with Gasteiger partial charge in [-0.05, 0) is 43.7 Å². The molecule has 0 aromatic heterocycles. The number of carbonyl (C=O) groups is 1. The van der Waals surface area contributed by atoms with Crippen LogP contribution < -0.4 is 0 Å². The highest BCUT2D eigenvalue weighted by Crippen LogP contribution is 2.41. The van der Waals surface area contributed by atoms with Gasteiger partial charge in [0.2, 0.25) is 15.9 Å². The van der Waals surface area contributed by atoms with Crippen LogP contribution in [0.2, 0.25) is 0 Å². The Hall–Kier alpha value is -1.40. The maximum atomic E-state index is 13.1. The van der Waals surface area contributed by atoms with Gasteiger partial charge in [0.1, 0.15) is 0 Å². The lowest BCUT2D eigenvalue weighted by Gasteiger charge is -2.52. The zero-order valence-electron chi connectivity index (χ0n) is 14.6. The highest BCUT2D eigenvalue weighted by molar-refractivity contribution is 7.89. The average Bonchev–Trinajstić information content (AvgIpc) is 3.44. The first-order valence-corrected chi connectivity index (χ1v) is 10.8. The molecule has 1 aliphatic heterocycles. The van der Waals surface area contributed by atoms with E-state index in [2.05, 4.69) is 4.90 Å². The van der Waals surface area contributed by atoms with E-state index in [-0.39, 0.29) is 22.9 Å². The molecule has 0 unspecified atom stereocenters. The van der Waals surface area contributed by atoms with Crippen LogP contribution in [0.1, 0.15) is 44.9 Å². The second-order valence-corrected chi connectivity index (χ2v) is 9.76. The Balaban J connectivity index is 1.64. The Morgan fingerprint density at radius 1 is 1.04 bits per heavy atom. The minimum Gasteiger partial charge on any atom is -0.334 e. The van der Waals surface area contributed by atoms with E-state index in [1.165, 1.54) is 23.6 Å². The number of nitrogens with zero attached hydrogens (tertiary/aromatic N) is 2. The van der Waals surface area contributed by atoms with E-state index in [1.54, 1.807) is 30.3 Å². The van der Waals surface area contributed by atoms with Crippen molar-refractivity contribution >= 4 is 15.9 Å². The lowest BCUT2D eigenvalue weighted by molar-refractivity contribution is -0.146. The van der Waals surface area contributed by atoms with E-state index in [9.17, 15) is 13.2 Å². The van der Waals surface area contributed by atoms with Crippen LogP contribution in [-0.4, -0.2) is 48.7 Å². The highest BCUT2D eigenvalue weighted by Gasteiger charge is 2.49. The fraction of sp³-hybridized carbons (Fsp3) is 0.632. The molecule has 6 heteroatoms. The standard InChI is InChI=1S/C19H26N2O3S/c22-18-14-20(25(23,24)17-7-3-1-4-8-17)15-19(11-5-2-6-12-19)21(18)13-16-9-10-16/h1,3-4,7-8,16H,2,5-6,9-15H2. The number of amides is 1. The van der Waals surface area contributed by atoms with Crippen LogP contribution in [0.15, 0.2) is 35.2 Å². The molecule has 4 rings (SSSR count). The Kier molecular flexibility index (Phi) is 4.36. The Bertz CT molecular complexity index is 737. The van der Waals surface area contributed by atoms with Crippen molar-refractivity contribution in [3.63, 3.8) is 0 Å². The van der Waals surface area contributed by atoms with Crippen LogP contribution in [0.3, 0.4) is 0 Å². The molecule has 2 aliphatic carbocycles. The molecule has 1 aromatic rings. The third-order valence-corrected chi connectivity index (χ3v) is 7.76. The summed E-state index contributed by atoms with van der Waals surface area (Å²) in [4.78, 5) is 15.3. The minimum atomic E-state index is -3.62. The second kappa shape index (κ2) is 6.40. The van der Waals surface area contributed by atoms with Gasteiger partial charge in [0.05, 0.1) is 17.0 Å². The van der Waals surface area contributed by atoms with Crippen LogP contribution >= 0.6 is 0 Å². The molecule has 1 heterocycles. The average molecular weight is 362 g/mol. The fourth-order valence-corrected chi connectivity index (χ4v) is 5.86. The molecule has 25 heavy (non-hydrogen) atoms.